The topological polar surface area (TPSA) is 84.3 Å². The highest BCUT2D eigenvalue weighted by Gasteiger charge is 2.04. The predicted molar refractivity (Wildman–Crippen MR) is 46.2 cm³/mol. The summed E-state index contributed by atoms with van der Waals surface area (Å²) in [6.07, 6.45) is 0.321. The predicted octanol–water partition coefficient (Wildman–Crippen LogP) is -1.37. The Kier molecular flexibility index (Phi) is 6.45. The molecule has 0 amide bonds. The van der Waals surface area contributed by atoms with Crippen molar-refractivity contribution in [1.82, 2.24) is 5.32 Å². The molecule has 0 aromatic heterocycles. The molecule has 0 fully saturated rings. The number of aliphatic hydroxyl groups excluding tert-OH is 1. The van der Waals surface area contributed by atoms with Crippen LogP contribution in [-0.4, -0.2) is 36.9 Å². The summed E-state index contributed by atoms with van der Waals surface area (Å²) < 4.78 is 0. The fraction of sp³-hybridized carbons (Fsp3) is 1.00. The van der Waals surface area contributed by atoms with Crippen LogP contribution in [0.4, 0.5) is 0 Å². The lowest BCUT2D eigenvalue weighted by Crippen LogP contribution is -2.37. The van der Waals surface area contributed by atoms with E-state index in [0.717, 1.165) is 13.1 Å². The first-order chi connectivity index (χ1) is 5.16. The van der Waals surface area contributed by atoms with Gasteiger partial charge in [0.05, 0.1) is 6.10 Å². The molecule has 0 aliphatic heterocycles. The molecule has 0 aromatic carbocycles. The lowest BCUT2D eigenvalue weighted by Gasteiger charge is -2.13. The molecule has 0 rings (SSSR count). The molecule has 0 saturated heterocycles. The van der Waals surface area contributed by atoms with Crippen LogP contribution in [0.15, 0.2) is 0 Å². The maximum absolute atomic E-state index is 8.95. The molecule has 2 unspecified atom stereocenters. The summed E-state index contributed by atoms with van der Waals surface area (Å²) in [6, 6.07) is 0.0292. The van der Waals surface area contributed by atoms with Crippen molar-refractivity contribution in [2.24, 2.45) is 11.5 Å². The molecular formula is C7H19N3O. The zero-order valence-electron chi connectivity index (χ0n) is 7.09. The van der Waals surface area contributed by atoms with Gasteiger partial charge in [0, 0.05) is 25.7 Å². The first-order valence-electron chi connectivity index (χ1n) is 4.01. The summed E-state index contributed by atoms with van der Waals surface area (Å²) >= 11 is 0. The highest BCUT2D eigenvalue weighted by atomic mass is 16.3. The second-order valence-corrected chi connectivity index (χ2v) is 2.84. The van der Waals surface area contributed by atoms with Gasteiger partial charge in [0.15, 0.2) is 0 Å². The largest absolute Gasteiger partial charge is 0.393 e. The van der Waals surface area contributed by atoms with Gasteiger partial charge in [-0.1, -0.05) is 0 Å². The van der Waals surface area contributed by atoms with Crippen LogP contribution in [0, 0.1) is 0 Å². The molecule has 6 N–H and O–H groups in total. The Labute approximate surface area is 68.0 Å². The van der Waals surface area contributed by atoms with E-state index in [-0.39, 0.29) is 12.1 Å². The van der Waals surface area contributed by atoms with Crippen LogP contribution in [0.3, 0.4) is 0 Å². The van der Waals surface area contributed by atoms with E-state index in [1.165, 1.54) is 0 Å². The van der Waals surface area contributed by atoms with Crippen molar-refractivity contribution < 1.29 is 5.11 Å². The summed E-state index contributed by atoms with van der Waals surface area (Å²) in [6.45, 7) is 3.87. The number of hydrogen-bond acceptors (Lipinski definition) is 4. The SMILES string of the molecule is CC(O)CC(N)CNCCN. The van der Waals surface area contributed by atoms with E-state index in [2.05, 4.69) is 5.32 Å². The van der Waals surface area contributed by atoms with Crippen LogP contribution < -0.4 is 16.8 Å². The standard InChI is InChI=1S/C7H19N3O/c1-6(11)4-7(9)5-10-3-2-8/h6-7,10-11H,2-5,8-9H2,1H3. The molecule has 0 aliphatic carbocycles. The summed E-state index contributed by atoms with van der Waals surface area (Å²) in [7, 11) is 0. The molecule has 0 radical (unpaired) electrons. The van der Waals surface area contributed by atoms with Crippen molar-refractivity contribution in [3.63, 3.8) is 0 Å². The molecule has 0 heterocycles. The van der Waals surface area contributed by atoms with Gasteiger partial charge in [0.1, 0.15) is 0 Å². The molecule has 11 heavy (non-hydrogen) atoms. The summed E-state index contributed by atoms with van der Waals surface area (Å²) in [5, 5.41) is 12.0. The van der Waals surface area contributed by atoms with Crippen molar-refractivity contribution in [1.29, 1.82) is 0 Å². The first kappa shape index (κ1) is 10.8. The van der Waals surface area contributed by atoms with Crippen molar-refractivity contribution in [3.05, 3.63) is 0 Å². The van der Waals surface area contributed by atoms with Gasteiger partial charge in [-0.15, -0.1) is 0 Å². The zero-order valence-corrected chi connectivity index (χ0v) is 7.09. The van der Waals surface area contributed by atoms with Gasteiger partial charge in [0.2, 0.25) is 0 Å². The van der Waals surface area contributed by atoms with Crippen LogP contribution in [-0.2, 0) is 0 Å². The number of hydrogen-bond donors (Lipinski definition) is 4. The third-order valence-corrected chi connectivity index (χ3v) is 1.37. The Morgan fingerprint density at radius 1 is 1.55 bits per heavy atom. The van der Waals surface area contributed by atoms with Crippen molar-refractivity contribution in [3.8, 4) is 0 Å². The number of rotatable bonds is 6. The first-order valence-corrected chi connectivity index (χ1v) is 4.01. The van der Waals surface area contributed by atoms with E-state index >= 15 is 0 Å². The highest BCUT2D eigenvalue weighted by Crippen LogP contribution is 1.92. The quantitative estimate of drug-likeness (QED) is 0.362. The zero-order chi connectivity index (χ0) is 8.69. The number of aliphatic hydroxyl groups is 1. The third-order valence-electron chi connectivity index (χ3n) is 1.37. The molecule has 0 spiro atoms. The molecule has 0 saturated carbocycles. The van der Waals surface area contributed by atoms with Gasteiger partial charge < -0.3 is 21.9 Å². The lowest BCUT2D eigenvalue weighted by molar-refractivity contribution is 0.174. The molecule has 0 aliphatic rings. The average Bonchev–Trinajstić information content (AvgIpc) is 1.86. The van der Waals surface area contributed by atoms with Gasteiger partial charge in [0.25, 0.3) is 0 Å². The third kappa shape index (κ3) is 7.74. The summed E-state index contributed by atoms with van der Waals surface area (Å²) in [5.74, 6) is 0. The maximum atomic E-state index is 8.95. The maximum Gasteiger partial charge on any atom is 0.0527 e. The minimum atomic E-state index is -0.315. The van der Waals surface area contributed by atoms with Crippen molar-refractivity contribution >= 4 is 0 Å². The highest BCUT2D eigenvalue weighted by molar-refractivity contribution is 4.67. The van der Waals surface area contributed by atoms with Gasteiger partial charge in [-0.05, 0) is 13.3 Å². The molecular weight excluding hydrogens is 142 g/mol. The lowest BCUT2D eigenvalue weighted by atomic mass is 10.1. The van der Waals surface area contributed by atoms with Crippen molar-refractivity contribution in [2.45, 2.75) is 25.5 Å². The van der Waals surface area contributed by atoms with Crippen LogP contribution in [0.25, 0.3) is 0 Å². The molecule has 0 bridgehead atoms. The van der Waals surface area contributed by atoms with Gasteiger partial charge >= 0.3 is 0 Å². The molecule has 0 aromatic rings. The summed E-state index contributed by atoms with van der Waals surface area (Å²) in [4.78, 5) is 0. The minimum Gasteiger partial charge on any atom is -0.393 e. The van der Waals surface area contributed by atoms with Crippen LogP contribution in [0.1, 0.15) is 13.3 Å². The fourth-order valence-corrected chi connectivity index (χ4v) is 0.911. The van der Waals surface area contributed by atoms with E-state index in [4.69, 9.17) is 16.6 Å². The van der Waals surface area contributed by atoms with Gasteiger partial charge in [-0.3, -0.25) is 0 Å². The smallest absolute Gasteiger partial charge is 0.0527 e. The Hall–Kier alpha value is -0.160. The molecule has 2 atom stereocenters. The van der Waals surface area contributed by atoms with Crippen LogP contribution in [0.2, 0.25) is 0 Å². The Balaban J connectivity index is 3.15. The van der Waals surface area contributed by atoms with Crippen LogP contribution >= 0.6 is 0 Å². The van der Waals surface area contributed by atoms with Crippen LogP contribution in [0.5, 0.6) is 0 Å². The Morgan fingerprint density at radius 3 is 2.64 bits per heavy atom. The monoisotopic (exact) mass is 161 g/mol. The van der Waals surface area contributed by atoms with E-state index < -0.39 is 0 Å². The second kappa shape index (κ2) is 6.54. The Morgan fingerprint density at radius 2 is 2.18 bits per heavy atom. The number of nitrogens with one attached hydrogen (secondary N) is 1. The second-order valence-electron chi connectivity index (χ2n) is 2.84. The summed E-state index contributed by atoms with van der Waals surface area (Å²) in [5.41, 5.74) is 10.9. The minimum absolute atomic E-state index is 0.0292. The number of nitrogens with two attached hydrogens (primary N) is 2. The fourth-order valence-electron chi connectivity index (χ4n) is 0.911. The molecule has 4 nitrogen and oxygen atoms in total. The average molecular weight is 161 g/mol. The normalized spacial score (nSPS) is 16.4. The van der Waals surface area contributed by atoms with E-state index in [0.29, 0.717) is 13.0 Å². The molecule has 4 heteroatoms. The van der Waals surface area contributed by atoms with E-state index in [1.807, 2.05) is 0 Å². The van der Waals surface area contributed by atoms with E-state index in [1.54, 1.807) is 6.92 Å². The van der Waals surface area contributed by atoms with Crippen molar-refractivity contribution in [2.75, 3.05) is 19.6 Å². The Bertz CT molecular complexity index is 87.8. The molecule has 68 valence electrons. The van der Waals surface area contributed by atoms with Gasteiger partial charge in [-0.25, -0.2) is 0 Å². The van der Waals surface area contributed by atoms with E-state index in [9.17, 15) is 0 Å². The van der Waals surface area contributed by atoms with Gasteiger partial charge in [-0.2, -0.15) is 0 Å².